The van der Waals surface area contributed by atoms with Crippen molar-refractivity contribution in [3.63, 3.8) is 0 Å². The molecule has 1 aromatic carbocycles. The molecule has 0 aromatic heterocycles. The van der Waals surface area contributed by atoms with E-state index >= 15 is 0 Å². The number of aliphatic hydroxyl groups is 1. The van der Waals surface area contributed by atoms with Gasteiger partial charge in [-0.05, 0) is 46.6 Å². The predicted octanol–water partition coefficient (Wildman–Crippen LogP) is 2.27. The average molecular weight is 350 g/mol. The van der Waals surface area contributed by atoms with Crippen molar-refractivity contribution in [3.8, 4) is 0 Å². The lowest BCUT2D eigenvalue weighted by Gasteiger charge is -2.26. The zero-order valence-electron chi connectivity index (χ0n) is 15.8. The molecule has 0 saturated heterocycles. The van der Waals surface area contributed by atoms with Gasteiger partial charge in [0.15, 0.2) is 0 Å². The summed E-state index contributed by atoms with van der Waals surface area (Å²) in [6.07, 6.45) is 0.675. The molecule has 0 aliphatic rings. The van der Waals surface area contributed by atoms with E-state index in [1.165, 1.54) is 10.5 Å². The number of hydrogen-bond donors (Lipinski definition) is 2. The van der Waals surface area contributed by atoms with Gasteiger partial charge in [-0.1, -0.05) is 29.8 Å². The normalized spacial score (nSPS) is 12.4. The number of benzene rings is 1. The van der Waals surface area contributed by atoms with Gasteiger partial charge >= 0.3 is 12.0 Å². The smallest absolute Gasteiger partial charge is 0.328 e. The largest absolute Gasteiger partial charge is 0.458 e. The Labute approximate surface area is 150 Å². The summed E-state index contributed by atoms with van der Waals surface area (Å²) in [5, 5.41) is 11.8. The molecule has 0 bridgehead atoms. The number of hydrogen-bond acceptors (Lipinski definition) is 4. The number of esters is 1. The Kier molecular flexibility index (Phi) is 7.90. The standard InChI is InChI=1S/C19H30N2O4/c1-14-6-8-16(9-7-14)10-11-21(12-13-22)18(24)20-15(2)17(23)25-19(3,4)5/h6-9,15,22H,10-13H2,1-5H3,(H,20,24)/t15-/m0/s1. The van der Waals surface area contributed by atoms with Crippen LogP contribution in [0.3, 0.4) is 0 Å². The lowest BCUT2D eigenvalue weighted by atomic mass is 10.1. The number of amides is 2. The summed E-state index contributed by atoms with van der Waals surface area (Å²) >= 11 is 0. The van der Waals surface area contributed by atoms with Crippen LogP contribution in [-0.2, 0) is 16.0 Å². The van der Waals surface area contributed by atoms with Crippen LogP contribution in [-0.4, -0.2) is 53.3 Å². The second kappa shape index (κ2) is 9.42. The van der Waals surface area contributed by atoms with Gasteiger partial charge in [-0.25, -0.2) is 9.59 Å². The number of ether oxygens (including phenoxy) is 1. The molecule has 1 aromatic rings. The van der Waals surface area contributed by atoms with Gasteiger partial charge in [-0.2, -0.15) is 0 Å². The maximum absolute atomic E-state index is 12.4. The molecule has 0 heterocycles. The Bertz CT molecular complexity index is 564. The molecule has 0 saturated carbocycles. The van der Waals surface area contributed by atoms with E-state index in [0.717, 1.165) is 5.56 Å². The maximum atomic E-state index is 12.4. The Balaban J connectivity index is 2.60. The maximum Gasteiger partial charge on any atom is 0.328 e. The Morgan fingerprint density at radius 2 is 1.80 bits per heavy atom. The molecule has 0 unspecified atom stereocenters. The lowest BCUT2D eigenvalue weighted by Crippen LogP contribution is -2.49. The zero-order chi connectivity index (χ0) is 19.0. The summed E-state index contributed by atoms with van der Waals surface area (Å²) in [6, 6.07) is 6.94. The van der Waals surface area contributed by atoms with Gasteiger partial charge in [0.2, 0.25) is 0 Å². The quantitative estimate of drug-likeness (QED) is 0.740. The van der Waals surface area contributed by atoms with E-state index in [2.05, 4.69) is 5.32 Å². The summed E-state index contributed by atoms with van der Waals surface area (Å²) < 4.78 is 5.26. The van der Waals surface area contributed by atoms with E-state index in [0.29, 0.717) is 13.0 Å². The fourth-order valence-electron chi connectivity index (χ4n) is 2.18. The van der Waals surface area contributed by atoms with Crippen LogP contribution in [0.1, 0.15) is 38.8 Å². The van der Waals surface area contributed by atoms with Crippen molar-refractivity contribution in [3.05, 3.63) is 35.4 Å². The molecule has 25 heavy (non-hydrogen) atoms. The van der Waals surface area contributed by atoms with Gasteiger partial charge in [0.05, 0.1) is 6.61 Å². The minimum absolute atomic E-state index is 0.137. The van der Waals surface area contributed by atoms with Crippen LogP contribution in [0.4, 0.5) is 4.79 Å². The molecule has 2 N–H and O–H groups in total. The van der Waals surface area contributed by atoms with Gasteiger partial charge in [0.25, 0.3) is 0 Å². The van der Waals surface area contributed by atoms with Crippen molar-refractivity contribution in [2.75, 3.05) is 19.7 Å². The summed E-state index contributed by atoms with van der Waals surface area (Å²) in [4.78, 5) is 25.9. The Morgan fingerprint density at radius 1 is 1.20 bits per heavy atom. The number of carbonyl (C=O) groups excluding carboxylic acids is 2. The first-order chi connectivity index (χ1) is 11.6. The monoisotopic (exact) mass is 350 g/mol. The average Bonchev–Trinajstić information content (AvgIpc) is 2.51. The molecular formula is C19H30N2O4. The topological polar surface area (TPSA) is 78.9 Å². The molecule has 0 spiro atoms. The first kappa shape index (κ1) is 21.0. The van der Waals surface area contributed by atoms with Crippen LogP contribution < -0.4 is 5.32 Å². The van der Waals surface area contributed by atoms with Crippen LogP contribution in [0.15, 0.2) is 24.3 Å². The van der Waals surface area contributed by atoms with Crippen molar-refractivity contribution >= 4 is 12.0 Å². The van der Waals surface area contributed by atoms with Crippen LogP contribution >= 0.6 is 0 Å². The number of nitrogens with zero attached hydrogens (tertiary/aromatic N) is 1. The summed E-state index contributed by atoms with van der Waals surface area (Å²) in [5.74, 6) is -0.483. The SMILES string of the molecule is Cc1ccc(CCN(CCO)C(=O)N[C@@H](C)C(=O)OC(C)(C)C)cc1. The molecule has 2 amide bonds. The van der Waals surface area contributed by atoms with Crippen molar-refractivity contribution in [1.82, 2.24) is 10.2 Å². The van der Waals surface area contributed by atoms with Crippen LogP contribution in [0, 0.1) is 6.92 Å². The van der Waals surface area contributed by atoms with Crippen molar-refractivity contribution in [2.24, 2.45) is 0 Å². The number of urea groups is 1. The fraction of sp³-hybridized carbons (Fsp3) is 0.579. The highest BCUT2D eigenvalue weighted by atomic mass is 16.6. The summed E-state index contributed by atoms with van der Waals surface area (Å²) in [6.45, 7) is 9.46. The third-order valence-corrected chi connectivity index (χ3v) is 3.55. The van der Waals surface area contributed by atoms with Crippen LogP contribution in [0.5, 0.6) is 0 Å². The van der Waals surface area contributed by atoms with Crippen molar-refractivity contribution < 1.29 is 19.4 Å². The third kappa shape index (κ3) is 8.03. The fourth-order valence-corrected chi connectivity index (χ4v) is 2.18. The van der Waals surface area contributed by atoms with E-state index < -0.39 is 17.6 Å². The molecule has 1 rings (SSSR count). The number of aryl methyl sites for hydroxylation is 1. The summed E-state index contributed by atoms with van der Waals surface area (Å²) in [7, 11) is 0. The highest BCUT2D eigenvalue weighted by Crippen LogP contribution is 2.09. The third-order valence-electron chi connectivity index (χ3n) is 3.55. The molecule has 0 radical (unpaired) electrons. The van der Waals surface area contributed by atoms with Gasteiger partial charge < -0.3 is 20.1 Å². The first-order valence-corrected chi connectivity index (χ1v) is 8.57. The molecular weight excluding hydrogens is 320 g/mol. The van der Waals surface area contributed by atoms with E-state index in [4.69, 9.17) is 4.74 Å². The van der Waals surface area contributed by atoms with Crippen molar-refractivity contribution in [1.29, 1.82) is 0 Å². The molecule has 6 nitrogen and oxygen atoms in total. The molecule has 0 fully saturated rings. The number of nitrogens with one attached hydrogen (secondary N) is 1. The van der Waals surface area contributed by atoms with E-state index in [9.17, 15) is 14.7 Å². The Hall–Kier alpha value is -2.08. The zero-order valence-corrected chi connectivity index (χ0v) is 15.8. The highest BCUT2D eigenvalue weighted by Gasteiger charge is 2.24. The Morgan fingerprint density at radius 3 is 2.32 bits per heavy atom. The predicted molar refractivity (Wildman–Crippen MR) is 97.4 cm³/mol. The second-order valence-electron chi connectivity index (χ2n) is 7.15. The number of aliphatic hydroxyl groups excluding tert-OH is 1. The van der Waals surface area contributed by atoms with Crippen LogP contribution in [0.2, 0.25) is 0 Å². The summed E-state index contributed by atoms with van der Waals surface area (Å²) in [5.41, 5.74) is 1.69. The molecule has 140 valence electrons. The molecule has 1 atom stereocenters. The molecule has 0 aliphatic heterocycles. The van der Waals surface area contributed by atoms with Gasteiger partial charge in [-0.15, -0.1) is 0 Å². The first-order valence-electron chi connectivity index (χ1n) is 8.57. The second-order valence-corrected chi connectivity index (χ2v) is 7.15. The lowest BCUT2D eigenvalue weighted by molar-refractivity contribution is -0.156. The van der Waals surface area contributed by atoms with E-state index in [1.807, 2.05) is 31.2 Å². The van der Waals surface area contributed by atoms with E-state index in [1.54, 1.807) is 27.7 Å². The number of carbonyl (C=O) groups is 2. The van der Waals surface area contributed by atoms with Crippen LogP contribution in [0.25, 0.3) is 0 Å². The minimum Gasteiger partial charge on any atom is -0.458 e. The molecule has 6 heteroatoms. The van der Waals surface area contributed by atoms with E-state index in [-0.39, 0.29) is 19.2 Å². The highest BCUT2D eigenvalue weighted by molar-refractivity contribution is 5.83. The minimum atomic E-state index is -0.757. The van der Waals surface area contributed by atoms with Crippen molar-refractivity contribution in [2.45, 2.75) is 52.7 Å². The van der Waals surface area contributed by atoms with Gasteiger partial charge in [0, 0.05) is 13.1 Å². The number of rotatable bonds is 7. The molecule has 0 aliphatic carbocycles. The van der Waals surface area contributed by atoms with Gasteiger partial charge in [-0.3, -0.25) is 0 Å². The van der Waals surface area contributed by atoms with Gasteiger partial charge in [0.1, 0.15) is 11.6 Å².